The summed E-state index contributed by atoms with van der Waals surface area (Å²) in [6, 6.07) is 9.86. The number of benzene rings is 1. The van der Waals surface area contributed by atoms with Crippen LogP contribution < -0.4 is 0 Å². The van der Waals surface area contributed by atoms with Crippen molar-refractivity contribution in [1.82, 2.24) is 15.1 Å². The van der Waals surface area contributed by atoms with Gasteiger partial charge in [-0.25, -0.2) is 0 Å². The first kappa shape index (κ1) is 16.4. The zero-order chi connectivity index (χ0) is 16.9. The summed E-state index contributed by atoms with van der Waals surface area (Å²) in [7, 11) is 0. The first-order valence-corrected chi connectivity index (χ1v) is 8.49. The Bertz CT molecular complexity index is 698. The van der Waals surface area contributed by atoms with Crippen LogP contribution in [0.2, 0.25) is 0 Å². The van der Waals surface area contributed by atoms with E-state index in [2.05, 4.69) is 10.2 Å². The molecule has 1 aliphatic heterocycles. The Labute approximate surface area is 142 Å². The molecule has 0 unspecified atom stereocenters. The monoisotopic (exact) mass is 325 g/mol. The first-order chi connectivity index (χ1) is 11.6. The van der Waals surface area contributed by atoms with Gasteiger partial charge in [-0.2, -0.15) is 0 Å². The zero-order valence-electron chi connectivity index (χ0n) is 14.2. The Morgan fingerprint density at radius 3 is 2.54 bits per heavy atom. The van der Waals surface area contributed by atoms with Gasteiger partial charge in [-0.05, 0) is 24.5 Å². The molecule has 0 atom stereocenters. The fraction of sp³-hybridized carbons (Fsp3) is 0.421. The van der Waals surface area contributed by atoms with Crippen LogP contribution in [0, 0.1) is 0 Å². The van der Waals surface area contributed by atoms with E-state index in [9.17, 15) is 4.79 Å². The second-order valence-corrected chi connectivity index (χ2v) is 6.48. The lowest BCUT2D eigenvalue weighted by molar-refractivity contribution is -0.127. The highest BCUT2D eigenvalue weighted by molar-refractivity contribution is 5.91. The Morgan fingerprint density at radius 1 is 1.21 bits per heavy atom. The van der Waals surface area contributed by atoms with Crippen molar-refractivity contribution in [2.24, 2.45) is 0 Å². The molecule has 0 bridgehead atoms. The standard InChI is InChI=1S/C19H23N3O2/c1-14(2)18-20-21-19(24-18)16-10-12-22(13-11-16)17(23)9-8-15-6-4-3-5-7-15/h3-9,14,16H,10-13H2,1-2H3/b9-8+. The van der Waals surface area contributed by atoms with E-state index in [1.54, 1.807) is 6.08 Å². The number of hydrogen-bond donors (Lipinski definition) is 0. The minimum Gasteiger partial charge on any atom is -0.425 e. The van der Waals surface area contributed by atoms with Gasteiger partial charge in [-0.3, -0.25) is 4.79 Å². The van der Waals surface area contributed by atoms with Crippen molar-refractivity contribution in [3.05, 3.63) is 53.8 Å². The quantitative estimate of drug-likeness (QED) is 0.806. The lowest BCUT2D eigenvalue weighted by atomic mass is 9.97. The molecule has 1 amide bonds. The Hall–Kier alpha value is -2.43. The normalized spacial score (nSPS) is 16.2. The molecule has 0 spiro atoms. The molecule has 5 heteroatoms. The average molecular weight is 325 g/mol. The van der Waals surface area contributed by atoms with Crippen LogP contribution in [0.3, 0.4) is 0 Å². The van der Waals surface area contributed by atoms with E-state index >= 15 is 0 Å². The summed E-state index contributed by atoms with van der Waals surface area (Å²) in [4.78, 5) is 14.2. The number of likely N-dealkylation sites (tertiary alicyclic amines) is 1. The van der Waals surface area contributed by atoms with Gasteiger partial charge < -0.3 is 9.32 Å². The molecule has 3 rings (SSSR count). The molecule has 2 heterocycles. The summed E-state index contributed by atoms with van der Waals surface area (Å²) in [6.45, 7) is 5.53. The lowest BCUT2D eigenvalue weighted by Crippen LogP contribution is -2.36. The van der Waals surface area contributed by atoms with E-state index in [4.69, 9.17) is 4.42 Å². The Morgan fingerprint density at radius 2 is 1.92 bits per heavy atom. The number of carbonyl (C=O) groups excluding carboxylic acids is 1. The average Bonchev–Trinajstić information content (AvgIpc) is 3.11. The number of aromatic nitrogens is 2. The number of rotatable bonds is 4. The van der Waals surface area contributed by atoms with Gasteiger partial charge >= 0.3 is 0 Å². The maximum Gasteiger partial charge on any atom is 0.246 e. The highest BCUT2D eigenvalue weighted by atomic mass is 16.4. The van der Waals surface area contributed by atoms with Gasteiger partial charge in [0.25, 0.3) is 0 Å². The molecule has 0 N–H and O–H groups in total. The van der Waals surface area contributed by atoms with E-state index in [0.717, 1.165) is 31.5 Å². The SMILES string of the molecule is CC(C)c1nnc(C2CCN(C(=O)/C=C/c3ccccc3)CC2)o1. The molecule has 1 fully saturated rings. The third kappa shape index (κ3) is 3.91. The molecule has 1 saturated heterocycles. The second-order valence-electron chi connectivity index (χ2n) is 6.48. The van der Waals surface area contributed by atoms with Crippen molar-refractivity contribution < 1.29 is 9.21 Å². The third-order valence-electron chi connectivity index (χ3n) is 4.32. The predicted octanol–water partition coefficient (Wildman–Crippen LogP) is 3.61. The smallest absolute Gasteiger partial charge is 0.246 e. The maximum absolute atomic E-state index is 12.3. The Balaban J connectivity index is 1.54. The van der Waals surface area contributed by atoms with Crippen LogP contribution >= 0.6 is 0 Å². The van der Waals surface area contributed by atoms with Gasteiger partial charge in [0.1, 0.15) is 0 Å². The van der Waals surface area contributed by atoms with Gasteiger partial charge in [0, 0.05) is 31.0 Å². The molecule has 0 aliphatic carbocycles. The molecular weight excluding hydrogens is 302 g/mol. The van der Waals surface area contributed by atoms with E-state index in [1.807, 2.05) is 55.2 Å². The number of piperidine rings is 1. The fourth-order valence-corrected chi connectivity index (χ4v) is 2.83. The van der Waals surface area contributed by atoms with E-state index in [1.165, 1.54) is 0 Å². The molecule has 126 valence electrons. The highest BCUT2D eigenvalue weighted by Gasteiger charge is 2.26. The molecule has 24 heavy (non-hydrogen) atoms. The number of nitrogens with zero attached hydrogens (tertiary/aromatic N) is 3. The van der Waals surface area contributed by atoms with Crippen molar-refractivity contribution in [3.63, 3.8) is 0 Å². The minimum absolute atomic E-state index is 0.0608. The molecule has 0 saturated carbocycles. The maximum atomic E-state index is 12.3. The summed E-state index contributed by atoms with van der Waals surface area (Å²) < 4.78 is 5.75. The molecule has 1 aromatic heterocycles. The summed E-state index contributed by atoms with van der Waals surface area (Å²) >= 11 is 0. The predicted molar refractivity (Wildman–Crippen MR) is 92.4 cm³/mol. The van der Waals surface area contributed by atoms with Gasteiger partial charge in [0.05, 0.1) is 0 Å². The summed E-state index contributed by atoms with van der Waals surface area (Å²) in [5.74, 6) is 1.97. The molecule has 1 aromatic carbocycles. The van der Waals surface area contributed by atoms with Crippen LogP contribution in [0.1, 0.15) is 55.9 Å². The number of hydrogen-bond acceptors (Lipinski definition) is 4. The minimum atomic E-state index is 0.0608. The molecular formula is C19H23N3O2. The molecule has 0 radical (unpaired) electrons. The summed E-state index contributed by atoms with van der Waals surface area (Å²) in [6.07, 6.45) is 5.25. The first-order valence-electron chi connectivity index (χ1n) is 8.49. The van der Waals surface area contributed by atoms with E-state index in [0.29, 0.717) is 11.8 Å². The van der Waals surface area contributed by atoms with Gasteiger partial charge in [-0.1, -0.05) is 44.2 Å². The van der Waals surface area contributed by atoms with Gasteiger partial charge in [0.2, 0.25) is 17.7 Å². The van der Waals surface area contributed by atoms with Crippen LogP contribution in [0.4, 0.5) is 0 Å². The van der Waals surface area contributed by atoms with Crippen molar-refractivity contribution in [2.45, 2.75) is 38.5 Å². The van der Waals surface area contributed by atoms with Crippen molar-refractivity contribution >= 4 is 12.0 Å². The topological polar surface area (TPSA) is 59.2 Å². The largest absolute Gasteiger partial charge is 0.425 e. The van der Waals surface area contributed by atoms with Crippen LogP contribution in [0.25, 0.3) is 6.08 Å². The molecule has 1 aliphatic rings. The second kappa shape index (κ2) is 7.43. The third-order valence-corrected chi connectivity index (χ3v) is 4.32. The van der Waals surface area contributed by atoms with Crippen molar-refractivity contribution in [1.29, 1.82) is 0 Å². The van der Waals surface area contributed by atoms with Gasteiger partial charge in [0.15, 0.2) is 0 Å². The van der Waals surface area contributed by atoms with Crippen LogP contribution in [-0.2, 0) is 4.79 Å². The van der Waals surface area contributed by atoms with Crippen LogP contribution in [0.5, 0.6) is 0 Å². The Kier molecular flexibility index (Phi) is 5.08. The zero-order valence-corrected chi connectivity index (χ0v) is 14.2. The molecule has 5 nitrogen and oxygen atoms in total. The van der Waals surface area contributed by atoms with Gasteiger partial charge in [-0.15, -0.1) is 10.2 Å². The highest BCUT2D eigenvalue weighted by Crippen LogP contribution is 2.28. The fourth-order valence-electron chi connectivity index (χ4n) is 2.83. The van der Waals surface area contributed by atoms with Crippen LogP contribution in [-0.4, -0.2) is 34.1 Å². The van der Waals surface area contributed by atoms with Crippen molar-refractivity contribution in [2.75, 3.05) is 13.1 Å². The molecule has 2 aromatic rings. The summed E-state index contributed by atoms with van der Waals surface area (Å²) in [5, 5.41) is 8.27. The summed E-state index contributed by atoms with van der Waals surface area (Å²) in [5.41, 5.74) is 1.04. The number of amides is 1. The lowest BCUT2D eigenvalue weighted by Gasteiger charge is -2.29. The van der Waals surface area contributed by atoms with Crippen LogP contribution in [0.15, 0.2) is 40.8 Å². The number of carbonyl (C=O) groups is 1. The van der Waals surface area contributed by atoms with E-state index < -0.39 is 0 Å². The van der Waals surface area contributed by atoms with Crippen molar-refractivity contribution in [3.8, 4) is 0 Å². The van der Waals surface area contributed by atoms with E-state index in [-0.39, 0.29) is 17.7 Å².